The first-order chi connectivity index (χ1) is 30.0. The minimum absolute atomic E-state index is 0.00698. The van der Waals surface area contributed by atoms with Crippen molar-refractivity contribution in [3.63, 3.8) is 0 Å². The minimum atomic E-state index is -0.664. The van der Waals surface area contributed by atoms with Crippen molar-refractivity contribution < 1.29 is 28.6 Å². The van der Waals surface area contributed by atoms with E-state index in [1.165, 1.54) is 46.9 Å². The molecule has 6 aromatic rings. The number of rotatable bonds is 12. The predicted molar refractivity (Wildman–Crippen MR) is 250 cm³/mol. The van der Waals surface area contributed by atoms with E-state index in [1.54, 1.807) is 17.6 Å². The smallest absolute Gasteiger partial charge is 0.253 e. The Hall–Kier alpha value is -5.22. The topological polar surface area (TPSA) is 157 Å². The van der Waals surface area contributed by atoms with Crippen LogP contribution in [0.5, 0.6) is 0 Å². The van der Waals surface area contributed by atoms with Crippen molar-refractivity contribution in [2.24, 2.45) is 11.8 Å². The molecule has 334 valence electrons. The number of nitrogen functional groups attached to an aromatic ring is 1. The molecule has 63 heavy (non-hydrogen) atoms. The highest BCUT2D eigenvalue weighted by atomic mass is 32.1. The van der Waals surface area contributed by atoms with E-state index in [0.29, 0.717) is 98.6 Å². The molecule has 2 amide bonds. The minimum Gasteiger partial charge on any atom is -0.390 e. The highest BCUT2D eigenvalue weighted by molar-refractivity contribution is 7.22. The van der Waals surface area contributed by atoms with Crippen molar-refractivity contribution in [1.82, 2.24) is 19.8 Å². The van der Waals surface area contributed by atoms with E-state index in [2.05, 4.69) is 48.3 Å². The first-order valence-electron chi connectivity index (χ1n) is 21.6. The summed E-state index contributed by atoms with van der Waals surface area (Å²) >= 11 is 2.69. The van der Waals surface area contributed by atoms with Gasteiger partial charge in [-0.2, -0.15) is 0 Å². The van der Waals surface area contributed by atoms with E-state index in [4.69, 9.17) is 5.73 Å². The van der Waals surface area contributed by atoms with E-state index >= 15 is 0 Å². The second-order valence-corrected chi connectivity index (χ2v) is 19.8. The summed E-state index contributed by atoms with van der Waals surface area (Å²) in [6, 6.07) is 20.5. The van der Waals surface area contributed by atoms with Gasteiger partial charge in [0.25, 0.3) is 11.8 Å². The van der Waals surface area contributed by atoms with E-state index in [9.17, 15) is 28.6 Å². The fourth-order valence-corrected chi connectivity index (χ4v) is 10.3. The summed E-state index contributed by atoms with van der Waals surface area (Å²) in [7, 11) is 0. The molecule has 11 nitrogen and oxygen atoms in total. The summed E-state index contributed by atoms with van der Waals surface area (Å²) in [4.78, 5) is 38.0. The second kappa shape index (κ2) is 19.7. The standard InChI is InChI=1S/C24H29FN4O2S.C24H28FN3O2S/c1-15(2)13-24(31)7-9-29(10-8-24)22(30)16-3-5-19(6-4-16)27-14-17-11-18(25)12-20-21(17)28-23(26)32-20;1-16(2)13-24(30)7-9-28(10-8-24)23(29)17-3-5-20(6-4-17)26-14-18-11-19(25)12-21-22(18)27-15-31-21/h3-6,11-12,15,27,31H,7-10,13-14H2,1-2H3,(H2,26,28);3-6,11-12,15-16,26,30H,7-10,13-14H2,1-2H3. The van der Waals surface area contributed by atoms with Crippen LogP contribution in [0.4, 0.5) is 25.3 Å². The van der Waals surface area contributed by atoms with Crippen LogP contribution in [-0.2, 0) is 13.1 Å². The summed E-state index contributed by atoms with van der Waals surface area (Å²) in [5.41, 5.74) is 12.2. The number of likely N-dealkylation sites (tertiary alicyclic amines) is 2. The molecule has 2 saturated heterocycles. The number of piperidine rings is 2. The maximum absolute atomic E-state index is 13.9. The van der Waals surface area contributed by atoms with Crippen LogP contribution in [0, 0.1) is 23.5 Å². The molecule has 0 saturated carbocycles. The van der Waals surface area contributed by atoms with Crippen LogP contribution in [0.25, 0.3) is 20.4 Å². The first-order valence-corrected chi connectivity index (χ1v) is 23.3. The zero-order valence-electron chi connectivity index (χ0n) is 36.3. The Kier molecular flexibility index (Phi) is 14.3. The van der Waals surface area contributed by atoms with Crippen molar-refractivity contribution in [1.29, 1.82) is 0 Å². The second-order valence-electron chi connectivity index (χ2n) is 17.8. The van der Waals surface area contributed by atoms with Crippen molar-refractivity contribution in [2.75, 3.05) is 42.5 Å². The number of carbonyl (C=O) groups excluding carboxylic acids is 2. The normalized spacial score (nSPS) is 16.0. The fourth-order valence-electron chi connectivity index (χ4n) is 8.75. The average molecular weight is 898 g/mol. The lowest BCUT2D eigenvalue weighted by Gasteiger charge is -2.39. The highest BCUT2D eigenvalue weighted by Gasteiger charge is 2.36. The molecule has 0 atom stereocenters. The molecule has 2 aromatic heterocycles. The van der Waals surface area contributed by atoms with Crippen molar-refractivity contribution in [3.05, 3.63) is 112 Å². The van der Waals surface area contributed by atoms with Gasteiger partial charge in [0.15, 0.2) is 5.13 Å². The molecular weight excluding hydrogens is 841 g/mol. The van der Waals surface area contributed by atoms with Gasteiger partial charge >= 0.3 is 0 Å². The molecule has 2 aliphatic rings. The van der Waals surface area contributed by atoms with Gasteiger partial charge in [-0.25, -0.2) is 18.7 Å². The average Bonchev–Trinajstić information content (AvgIpc) is 3.87. The van der Waals surface area contributed by atoms with Crippen LogP contribution >= 0.6 is 22.7 Å². The number of nitrogens with two attached hydrogens (primary N) is 1. The number of hydrogen-bond donors (Lipinski definition) is 5. The fraction of sp³-hybridized carbons (Fsp3) is 0.417. The number of anilines is 3. The summed E-state index contributed by atoms with van der Waals surface area (Å²) in [5, 5.41) is 28.4. The van der Waals surface area contributed by atoms with Gasteiger partial charge < -0.3 is 36.4 Å². The van der Waals surface area contributed by atoms with E-state index in [0.717, 1.165) is 50.3 Å². The van der Waals surface area contributed by atoms with Gasteiger partial charge in [-0.1, -0.05) is 39.0 Å². The van der Waals surface area contributed by atoms with Crippen molar-refractivity contribution >= 4 is 71.4 Å². The Morgan fingerprint density at radius 2 is 1.13 bits per heavy atom. The number of fused-ring (bicyclic) bond motifs is 2. The third-order valence-corrected chi connectivity index (χ3v) is 13.4. The van der Waals surface area contributed by atoms with Crippen LogP contribution in [0.3, 0.4) is 0 Å². The van der Waals surface area contributed by atoms with E-state index < -0.39 is 11.2 Å². The van der Waals surface area contributed by atoms with Gasteiger partial charge in [-0.15, -0.1) is 11.3 Å². The summed E-state index contributed by atoms with van der Waals surface area (Å²) in [6.07, 6.45) is 4.00. The molecule has 0 radical (unpaired) electrons. The van der Waals surface area contributed by atoms with Gasteiger partial charge in [0, 0.05) is 72.9 Å². The van der Waals surface area contributed by atoms with Crippen LogP contribution in [0.2, 0.25) is 0 Å². The molecule has 0 unspecified atom stereocenters. The van der Waals surface area contributed by atoms with Crippen molar-refractivity contribution in [3.8, 4) is 0 Å². The number of thiazole rings is 2. The Morgan fingerprint density at radius 1 is 0.698 bits per heavy atom. The van der Waals surface area contributed by atoms with Gasteiger partial charge in [0.1, 0.15) is 11.6 Å². The molecule has 6 N–H and O–H groups in total. The molecule has 15 heteroatoms. The third-order valence-electron chi connectivity index (χ3n) is 11.8. The van der Waals surface area contributed by atoms with E-state index in [1.807, 2.05) is 46.2 Å². The monoisotopic (exact) mass is 897 g/mol. The SMILES string of the molecule is CC(C)CC1(O)CCN(C(=O)c2ccc(NCc3cc(F)cc4sc(N)nc34)cc2)CC1.CC(C)CC1(O)CCN(C(=O)c2ccc(NCc3cc(F)cc4scnc34)cc2)CC1. The zero-order valence-corrected chi connectivity index (χ0v) is 37.9. The Labute approximate surface area is 375 Å². The summed E-state index contributed by atoms with van der Waals surface area (Å²) < 4.78 is 29.3. The molecule has 4 heterocycles. The number of aliphatic hydroxyl groups is 2. The predicted octanol–water partition coefficient (Wildman–Crippen LogP) is 9.70. The van der Waals surface area contributed by atoms with E-state index in [-0.39, 0.29) is 23.4 Å². The number of hydrogen-bond acceptors (Lipinski definition) is 11. The van der Waals surface area contributed by atoms with Crippen LogP contribution < -0.4 is 16.4 Å². The zero-order chi connectivity index (χ0) is 44.9. The quantitative estimate of drug-likeness (QED) is 0.0807. The Morgan fingerprint density at radius 3 is 1.57 bits per heavy atom. The van der Waals surface area contributed by atoms with Crippen LogP contribution in [0.1, 0.15) is 98.1 Å². The lowest BCUT2D eigenvalue weighted by molar-refractivity contribution is -0.0318. The third kappa shape index (κ3) is 11.7. The number of nitrogens with one attached hydrogen (secondary N) is 2. The Bertz CT molecular complexity index is 2510. The molecule has 2 fully saturated rings. The van der Waals surface area contributed by atoms with Gasteiger partial charge in [-0.3, -0.25) is 9.59 Å². The summed E-state index contributed by atoms with van der Waals surface area (Å²) in [6.45, 7) is 11.6. The lowest BCUT2D eigenvalue weighted by atomic mass is 9.84. The number of amides is 2. The van der Waals surface area contributed by atoms with Gasteiger partial charge in [0.05, 0.1) is 37.1 Å². The number of aromatic nitrogens is 2. The van der Waals surface area contributed by atoms with Gasteiger partial charge in [0.2, 0.25) is 0 Å². The maximum atomic E-state index is 13.9. The highest BCUT2D eigenvalue weighted by Crippen LogP contribution is 2.32. The van der Waals surface area contributed by atoms with Gasteiger partial charge in [-0.05, 0) is 123 Å². The number of carbonyl (C=O) groups is 2. The molecular formula is C48H57F2N7O4S2. The number of benzene rings is 4. The molecule has 0 spiro atoms. The lowest BCUT2D eigenvalue weighted by Crippen LogP contribution is -2.47. The van der Waals surface area contributed by atoms with Crippen LogP contribution in [0.15, 0.2) is 78.3 Å². The molecule has 2 aliphatic heterocycles. The molecule has 4 aromatic carbocycles. The largest absolute Gasteiger partial charge is 0.390 e. The summed E-state index contributed by atoms with van der Waals surface area (Å²) in [5.74, 6) is 0.252. The number of nitrogens with zero attached hydrogens (tertiary/aromatic N) is 4. The van der Waals surface area contributed by atoms with Crippen LogP contribution in [-0.4, -0.2) is 79.2 Å². The molecule has 0 bridgehead atoms. The first kappa shape index (κ1) is 45.8. The Balaban J connectivity index is 0.000000189. The number of halogens is 2. The molecule has 8 rings (SSSR count). The molecule has 0 aliphatic carbocycles. The maximum Gasteiger partial charge on any atom is 0.253 e. The van der Waals surface area contributed by atoms with Crippen molar-refractivity contribution in [2.45, 2.75) is 90.5 Å².